The summed E-state index contributed by atoms with van der Waals surface area (Å²) in [6, 6.07) is 0. The lowest BCUT2D eigenvalue weighted by atomic mass is 9.72. The van der Waals surface area contributed by atoms with Crippen molar-refractivity contribution in [3.8, 4) is 0 Å². The zero-order valence-electron chi connectivity index (χ0n) is 15.0. The number of halogens is 2. The molecule has 0 fully saturated rings. The van der Waals surface area contributed by atoms with Crippen molar-refractivity contribution in [1.29, 1.82) is 0 Å². The minimum atomic E-state index is 0.0985. The van der Waals surface area contributed by atoms with Gasteiger partial charge >= 0.3 is 0 Å². The molecule has 0 aromatic rings. The fourth-order valence-electron chi connectivity index (χ4n) is 2.84. The Morgan fingerprint density at radius 1 is 1.17 bits per heavy atom. The van der Waals surface area contributed by atoms with Gasteiger partial charge in [0.2, 0.25) is 0 Å². The van der Waals surface area contributed by atoms with Gasteiger partial charge in [0.15, 0.2) is 0 Å². The second kappa shape index (κ2) is 12.5. The Morgan fingerprint density at radius 3 is 2.39 bits per heavy atom. The highest BCUT2D eigenvalue weighted by Crippen LogP contribution is 2.40. The molecule has 0 saturated carbocycles. The Morgan fingerprint density at radius 2 is 1.83 bits per heavy atom. The van der Waals surface area contributed by atoms with Gasteiger partial charge in [0.25, 0.3) is 0 Å². The van der Waals surface area contributed by atoms with Gasteiger partial charge in [0.1, 0.15) is 0 Å². The predicted molar refractivity (Wildman–Crippen MR) is 121 cm³/mol. The molecule has 0 aromatic heterocycles. The zero-order valence-corrected chi connectivity index (χ0v) is 19.3. The minimum absolute atomic E-state index is 0.0985. The summed E-state index contributed by atoms with van der Waals surface area (Å²) < 4.78 is 0. The lowest BCUT2D eigenvalue weighted by Gasteiger charge is -2.32. The molecule has 0 heterocycles. The standard InChI is InChI=1S/C20H30O.I2/c1-16(8-6-9-17(2)13-15-21)11-12-19-18(3)10-7-14-20(19,4)5;1-2/h6,8-9,11-13,21H,7,10,14-15H2,1-5H3;/b9-6+,12-11+,16-8+,17-13+;. The van der Waals surface area contributed by atoms with E-state index in [9.17, 15) is 0 Å². The first-order valence-electron chi connectivity index (χ1n) is 8.02. The fourth-order valence-corrected chi connectivity index (χ4v) is 2.84. The molecule has 0 aliphatic heterocycles. The Labute approximate surface area is 166 Å². The first-order chi connectivity index (χ1) is 10.9. The molecule has 23 heavy (non-hydrogen) atoms. The van der Waals surface area contributed by atoms with Crippen LogP contribution in [0.5, 0.6) is 0 Å². The Hall–Kier alpha value is 0.120. The number of aliphatic hydroxyl groups excluding tert-OH is 1. The van der Waals surface area contributed by atoms with E-state index in [-0.39, 0.29) is 6.61 Å². The van der Waals surface area contributed by atoms with Gasteiger partial charge in [-0.1, -0.05) is 67.0 Å². The molecule has 0 amide bonds. The average molecular weight is 540 g/mol. The largest absolute Gasteiger partial charge is 0.392 e. The fraction of sp³-hybridized carbons (Fsp3) is 0.500. The van der Waals surface area contributed by atoms with Crippen LogP contribution in [0.3, 0.4) is 0 Å². The van der Waals surface area contributed by atoms with E-state index in [2.05, 4.69) is 83.2 Å². The molecule has 0 aromatic carbocycles. The second-order valence-corrected chi connectivity index (χ2v) is 6.67. The molecule has 0 bridgehead atoms. The van der Waals surface area contributed by atoms with E-state index >= 15 is 0 Å². The molecule has 0 saturated heterocycles. The summed E-state index contributed by atoms with van der Waals surface area (Å²) in [6.45, 7) is 11.2. The molecule has 1 nitrogen and oxygen atoms in total. The maximum Gasteiger partial charge on any atom is 0.0617 e. The summed E-state index contributed by atoms with van der Waals surface area (Å²) in [6.07, 6.45) is 16.3. The first kappa shape index (κ1) is 23.1. The quantitative estimate of drug-likeness (QED) is 0.287. The number of aliphatic hydroxyl groups is 1. The molecule has 0 spiro atoms. The molecule has 0 unspecified atom stereocenters. The summed E-state index contributed by atoms with van der Waals surface area (Å²) in [4.78, 5) is 0. The highest BCUT2D eigenvalue weighted by molar-refractivity contribution is 15.0. The highest BCUT2D eigenvalue weighted by atomic mass is 128. The predicted octanol–water partition coefficient (Wildman–Crippen LogP) is 7.28. The van der Waals surface area contributed by atoms with Crippen molar-refractivity contribution in [2.24, 2.45) is 5.41 Å². The third kappa shape index (κ3) is 9.25. The van der Waals surface area contributed by atoms with Gasteiger partial charge in [0.05, 0.1) is 6.61 Å². The molecule has 130 valence electrons. The van der Waals surface area contributed by atoms with E-state index in [1.165, 1.54) is 36.0 Å². The van der Waals surface area contributed by atoms with Crippen LogP contribution in [0, 0.1) is 5.41 Å². The van der Waals surface area contributed by atoms with Crippen molar-refractivity contribution in [1.82, 2.24) is 0 Å². The topological polar surface area (TPSA) is 20.2 Å². The number of hydrogen-bond acceptors (Lipinski definition) is 1. The van der Waals surface area contributed by atoms with E-state index < -0.39 is 0 Å². The number of allylic oxidation sites excluding steroid dienone is 9. The third-order valence-corrected chi connectivity index (χ3v) is 4.19. The van der Waals surface area contributed by atoms with Crippen LogP contribution in [0.1, 0.15) is 53.9 Å². The summed E-state index contributed by atoms with van der Waals surface area (Å²) in [7, 11) is 0. The Balaban J connectivity index is 0.00000232. The van der Waals surface area contributed by atoms with Crippen molar-refractivity contribution in [3.63, 3.8) is 0 Å². The van der Waals surface area contributed by atoms with Crippen LogP contribution in [0.25, 0.3) is 0 Å². The molecule has 1 rings (SSSR count). The van der Waals surface area contributed by atoms with Gasteiger partial charge in [-0.25, -0.2) is 0 Å². The van der Waals surface area contributed by atoms with Gasteiger partial charge in [0, 0.05) is 37.2 Å². The van der Waals surface area contributed by atoms with Gasteiger partial charge in [-0.15, -0.1) is 0 Å². The summed E-state index contributed by atoms with van der Waals surface area (Å²) in [5.41, 5.74) is 5.66. The van der Waals surface area contributed by atoms with Gasteiger partial charge in [-0.2, -0.15) is 0 Å². The second-order valence-electron chi connectivity index (χ2n) is 6.67. The zero-order chi connectivity index (χ0) is 17.9. The van der Waals surface area contributed by atoms with Crippen LogP contribution in [0.4, 0.5) is 0 Å². The maximum atomic E-state index is 8.81. The van der Waals surface area contributed by atoms with Crippen molar-refractivity contribution in [2.75, 3.05) is 6.61 Å². The minimum Gasteiger partial charge on any atom is -0.392 e. The summed E-state index contributed by atoms with van der Waals surface area (Å²) in [5.74, 6) is 0. The lowest BCUT2D eigenvalue weighted by molar-refractivity contribution is 0.342. The molecule has 1 N–H and O–H groups in total. The third-order valence-electron chi connectivity index (χ3n) is 4.19. The van der Waals surface area contributed by atoms with Crippen LogP contribution < -0.4 is 0 Å². The summed E-state index contributed by atoms with van der Waals surface area (Å²) in [5, 5.41) is 8.81. The Bertz CT molecular complexity index is 506. The maximum absolute atomic E-state index is 8.81. The van der Waals surface area contributed by atoms with Gasteiger partial charge in [-0.3, -0.25) is 0 Å². The van der Waals surface area contributed by atoms with Crippen LogP contribution in [0.15, 0.2) is 58.7 Å². The number of rotatable bonds is 5. The molecular weight excluding hydrogens is 510 g/mol. The molecule has 1 aliphatic rings. The molecule has 0 radical (unpaired) electrons. The van der Waals surface area contributed by atoms with E-state index in [1.807, 2.05) is 19.1 Å². The first-order valence-corrected chi connectivity index (χ1v) is 14.3. The molecule has 1 aliphatic carbocycles. The van der Waals surface area contributed by atoms with E-state index in [1.54, 1.807) is 6.08 Å². The van der Waals surface area contributed by atoms with E-state index in [0.717, 1.165) is 5.57 Å². The van der Waals surface area contributed by atoms with Crippen LogP contribution in [-0.4, -0.2) is 11.7 Å². The monoisotopic (exact) mass is 540 g/mol. The van der Waals surface area contributed by atoms with Crippen LogP contribution in [0.2, 0.25) is 0 Å². The summed E-state index contributed by atoms with van der Waals surface area (Å²) >= 11 is 4.24. The SMILES string of the molecule is CC1=C(/C=C/C(C)=C/C=C/C(C)=C/CO)C(C)(C)CCC1.II. The van der Waals surface area contributed by atoms with Crippen LogP contribution in [-0.2, 0) is 0 Å². The number of hydrogen-bond donors (Lipinski definition) is 1. The normalized spacial score (nSPS) is 19.3. The molecule has 0 atom stereocenters. The Kier molecular flexibility index (Phi) is 12.5. The average Bonchev–Trinajstić information content (AvgIpc) is 2.48. The van der Waals surface area contributed by atoms with Crippen molar-refractivity contribution < 1.29 is 5.11 Å². The van der Waals surface area contributed by atoms with Crippen molar-refractivity contribution >= 4 is 37.2 Å². The van der Waals surface area contributed by atoms with Gasteiger partial charge in [-0.05, 0) is 51.0 Å². The van der Waals surface area contributed by atoms with Crippen LogP contribution >= 0.6 is 37.2 Å². The van der Waals surface area contributed by atoms with Gasteiger partial charge < -0.3 is 5.11 Å². The highest BCUT2D eigenvalue weighted by Gasteiger charge is 2.26. The molecule has 3 heteroatoms. The van der Waals surface area contributed by atoms with Crippen molar-refractivity contribution in [2.45, 2.75) is 53.9 Å². The van der Waals surface area contributed by atoms with E-state index in [0.29, 0.717) is 5.41 Å². The van der Waals surface area contributed by atoms with Crippen molar-refractivity contribution in [3.05, 3.63) is 58.7 Å². The van der Waals surface area contributed by atoms with E-state index in [4.69, 9.17) is 5.11 Å². The molecular formula is C20H30I2O. The lowest BCUT2D eigenvalue weighted by Crippen LogP contribution is -2.19. The smallest absolute Gasteiger partial charge is 0.0617 e.